The normalized spacial score (nSPS) is 11.5. The number of carbonyl (C=O) groups excluding carboxylic acids is 2. The Labute approximate surface area is 218 Å². The molecule has 0 saturated heterocycles. The molecule has 192 valence electrons. The van der Waals surface area contributed by atoms with Crippen molar-refractivity contribution in [1.29, 1.82) is 0 Å². The topological polar surface area (TPSA) is 73.2 Å². The molecule has 4 aromatic rings. The fourth-order valence-electron chi connectivity index (χ4n) is 4.44. The number of amides is 1. The molecule has 0 fully saturated rings. The highest BCUT2D eigenvalue weighted by atomic mass is 16.6. The van der Waals surface area contributed by atoms with Crippen molar-refractivity contribution >= 4 is 28.6 Å². The third-order valence-corrected chi connectivity index (χ3v) is 6.06. The van der Waals surface area contributed by atoms with Gasteiger partial charge in [0, 0.05) is 19.9 Å². The first-order valence-electron chi connectivity index (χ1n) is 12.8. The van der Waals surface area contributed by atoms with Gasteiger partial charge in [0.1, 0.15) is 11.4 Å². The van der Waals surface area contributed by atoms with Gasteiger partial charge in [0.2, 0.25) is 5.91 Å². The zero-order chi connectivity index (χ0) is 26.6. The van der Waals surface area contributed by atoms with Crippen molar-refractivity contribution in [2.45, 2.75) is 66.0 Å². The summed E-state index contributed by atoms with van der Waals surface area (Å²) in [4.78, 5) is 29.6. The highest BCUT2D eigenvalue weighted by molar-refractivity contribution is 5.99. The van der Waals surface area contributed by atoms with Gasteiger partial charge in [0.25, 0.3) is 0 Å². The molecule has 3 aromatic carbocycles. The van der Waals surface area contributed by atoms with E-state index in [1.54, 1.807) is 6.07 Å². The Morgan fingerprint density at radius 2 is 1.70 bits per heavy atom. The SMILES string of the molecule is CCCCc1nc2cccc(NC(C)=O)c2n1Cc1ccc(-c2ccccc2C(=O)OC(C)(C)C)cc1. The number of anilines is 1. The predicted molar refractivity (Wildman–Crippen MR) is 149 cm³/mol. The first kappa shape index (κ1) is 26.1. The molecule has 0 aliphatic rings. The summed E-state index contributed by atoms with van der Waals surface area (Å²) in [6.45, 7) is 9.92. The van der Waals surface area contributed by atoms with E-state index in [1.165, 1.54) is 6.92 Å². The fourth-order valence-corrected chi connectivity index (χ4v) is 4.44. The zero-order valence-electron chi connectivity index (χ0n) is 22.3. The molecule has 0 spiro atoms. The Morgan fingerprint density at radius 1 is 0.973 bits per heavy atom. The molecule has 37 heavy (non-hydrogen) atoms. The van der Waals surface area contributed by atoms with Crippen molar-refractivity contribution < 1.29 is 14.3 Å². The number of carbonyl (C=O) groups is 2. The Bertz CT molecular complexity index is 1410. The molecule has 1 heterocycles. The van der Waals surface area contributed by atoms with Crippen LogP contribution in [0.5, 0.6) is 0 Å². The third-order valence-electron chi connectivity index (χ3n) is 6.06. The first-order chi connectivity index (χ1) is 17.7. The van der Waals surface area contributed by atoms with Crippen LogP contribution in [0.2, 0.25) is 0 Å². The second-order valence-electron chi connectivity index (χ2n) is 10.3. The van der Waals surface area contributed by atoms with Gasteiger partial charge in [-0.3, -0.25) is 4.79 Å². The first-order valence-corrected chi connectivity index (χ1v) is 12.8. The van der Waals surface area contributed by atoms with Crippen LogP contribution >= 0.6 is 0 Å². The summed E-state index contributed by atoms with van der Waals surface area (Å²) in [5.41, 5.74) is 5.46. The van der Waals surface area contributed by atoms with Gasteiger partial charge in [-0.05, 0) is 62.1 Å². The molecular formula is C31H35N3O3. The molecule has 0 aliphatic carbocycles. The summed E-state index contributed by atoms with van der Waals surface area (Å²) in [5, 5.41) is 2.96. The number of rotatable bonds is 8. The number of aromatic nitrogens is 2. The number of nitrogens with zero attached hydrogens (tertiary/aromatic N) is 2. The number of aryl methyl sites for hydroxylation is 1. The summed E-state index contributed by atoms with van der Waals surface area (Å²) in [6.07, 6.45) is 2.98. The monoisotopic (exact) mass is 497 g/mol. The van der Waals surface area contributed by atoms with Gasteiger partial charge >= 0.3 is 5.97 Å². The Morgan fingerprint density at radius 3 is 2.38 bits per heavy atom. The standard InChI is InChI=1S/C31H35N3O3/c1-6-7-15-28-33-27-14-10-13-26(32-21(2)35)29(27)34(28)20-22-16-18-23(19-17-22)24-11-8-9-12-25(24)30(36)37-31(3,4)5/h8-14,16-19H,6-7,15,20H2,1-5H3,(H,32,35). The molecule has 0 atom stereocenters. The Balaban J connectivity index is 1.68. The third kappa shape index (κ3) is 6.26. The van der Waals surface area contributed by atoms with Crippen molar-refractivity contribution in [1.82, 2.24) is 9.55 Å². The van der Waals surface area contributed by atoms with Gasteiger partial charge in [-0.25, -0.2) is 9.78 Å². The highest BCUT2D eigenvalue weighted by Gasteiger charge is 2.21. The van der Waals surface area contributed by atoms with Crippen molar-refractivity contribution in [3.63, 3.8) is 0 Å². The van der Waals surface area contributed by atoms with Crippen LogP contribution in [-0.4, -0.2) is 27.0 Å². The summed E-state index contributed by atoms with van der Waals surface area (Å²) in [5.74, 6) is 0.570. The quantitative estimate of drug-likeness (QED) is 0.266. The van der Waals surface area contributed by atoms with Crippen molar-refractivity contribution in [2.75, 3.05) is 5.32 Å². The number of fused-ring (bicyclic) bond motifs is 1. The van der Waals surface area contributed by atoms with Crippen LogP contribution in [0.3, 0.4) is 0 Å². The van der Waals surface area contributed by atoms with Gasteiger partial charge in [0.15, 0.2) is 0 Å². The molecule has 1 N–H and O–H groups in total. The van der Waals surface area contributed by atoms with Crippen molar-refractivity contribution in [3.8, 4) is 11.1 Å². The lowest BCUT2D eigenvalue weighted by Gasteiger charge is -2.20. The van der Waals surface area contributed by atoms with E-state index in [0.717, 1.165) is 58.5 Å². The number of unbranched alkanes of at least 4 members (excludes halogenated alkanes) is 1. The molecule has 1 amide bonds. The molecule has 0 aliphatic heterocycles. The van der Waals surface area contributed by atoms with Gasteiger partial charge in [0.05, 0.1) is 22.3 Å². The number of hydrogen-bond acceptors (Lipinski definition) is 4. The van der Waals surface area contributed by atoms with Gasteiger partial charge < -0.3 is 14.6 Å². The van der Waals surface area contributed by atoms with Crippen LogP contribution in [0, 0.1) is 0 Å². The molecule has 1 aromatic heterocycles. The summed E-state index contributed by atoms with van der Waals surface area (Å²) < 4.78 is 7.83. The largest absolute Gasteiger partial charge is 0.456 e. The van der Waals surface area contributed by atoms with E-state index >= 15 is 0 Å². The number of ether oxygens (including phenoxy) is 1. The fraction of sp³-hybridized carbons (Fsp3) is 0.323. The molecular weight excluding hydrogens is 462 g/mol. The zero-order valence-corrected chi connectivity index (χ0v) is 22.3. The molecule has 6 nitrogen and oxygen atoms in total. The van der Waals surface area contributed by atoms with Crippen LogP contribution in [0.15, 0.2) is 66.7 Å². The molecule has 0 unspecified atom stereocenters. The van der Waals surface area contributed by atoms with E-state index in [-0.39, 0.29) is 11.9 Å². The summed E-state index contributed by atoms with van der Waals surface area (Å²) in [7, 11) is 0. The number of para-hydroxylation sites is 1. The van der Waals surface area contributed by atoms with Crippen molar-refractivity contribution in [3.05, 3.63) is 83.7 Å². The van der Waals surface area contributed by atoms with Crippen LogP contribution in [-0.2, 0) is 22.5 Å². The number of esters is 1. The lowest BCUT2D eigenvalue weighted by molar-refractivity contribution is -0.114. The van der Waals surface area contributed by atoms with E-state index < -0.39 is 5.60 Å². The molecule has 0 bridgehead atoms. The van der Waals surface area contributed by atoms with E-state index in [1.807, 2.05) is 69.3 Å². The minimum absolute atomic E-state index is 0.108. The average molecular weight is 498 g/mol. The lowest BCUT2D eigenvalue weighted by Crippen LogP contribution is -2.24. The summed E-state index contributed by atoms with van der Waals surface area (Å²) in [6, 6.07) is 21.6. The Kier molecular flexibility index (Phi) is 7.77. The van der Waals surface area contributed by atoms with E-state index in [0.29, 0.717) is 12.1 Å². The molecule has 4 rings (SSSR count). The Hall–Kier alpha value is -3.93. The molecule has 0 radical (unpaired) electrons. The van der Waals surface area contributed by atoms with E-state index in [2.05, 4.69) is 28.9 Å². The summed E-state index contributed by atoms with van der Waals surface area (Å²) >= 11 is 0. The predicted octanol–water partition coefficient (Wildman–Crippen LogP) is 7.01. The average Bonchev–Trinajstić information content (AvgIpc) is 3.20. The van der Waals surface area contributed by atoms with Crippen LogP contribution in [0.25, 0.3) is 22.2 Å². The van der Waals surface area contributed by atoms with Crippen LogP contribution < -0.4 is 5.32 Å². The number of hydrogen-bond donors (Lipinski definition) is 1. The number of imidazole rings is 1. The number of benzene rings is 3. The molecule has 6 heteroatoms. The van der Waals surface area contributed by atoms with E-state index in [9.17, 15) is 9.59 Å². The minimum Gasteiger partial charge on any atom is -0.456 e. The second-order valence-corrected chi connectivity index (χ2v) is 10.3. The second kappa shape index (κ2) is 11.0. The maximum atomic E-state index is 12.8. The van der Waals surface area contributed by atoms with Gasteiger partial charge in [-0.15, -0.1) is 0 Å². The maximum absolute atomic E-state index is 12.8. The van der Waals surface area contributed by atoms with Crippen LogP contribution in [0.4, 0.5) is 5.69 Å². The van der Waals surface area contributed by atoms with Crippen LogP contribution in [0.1, 0.15) is 69.2 Å². The highest BCUT2D eigenvalue weighted by Crippen LogP contribution is 2.29. The smallest absolute Gasteiger partial charge is 0.339 e. The van der Waals surface area contributed by atoms with E-state index in [4.69, 9.17) is 9.72 Å². The van der Waals surface area contributed by atoms with Gasteiger partial charge in [-0.2, -0.15) is 0 Å². The minimum atomic E-state index is -0.562. The maximum Gasteiger partial charge on any atom is 0.339 e. The van der Waals surface area contributed by atoms with Crippen molar-refractivity contribution in [2.24, 2.45) is 0 Å². The molecule has 0 saturated carbocycles. The van der Waals surface area contributed by atoms with Gasteiger partial charge in [-0.1, -0.05) is 61.9 Å². The lowest BCUT2D eigenvalue weighted by atomic mass is 9.98. The number of nitrogens with one attached hydrogen (secondary N) is 1.